The molecule has 1 aliphatic rings. The quantitative estimate of drug-likeness (QED) is 0.921. The van der Waals surface area contributed by atoms with Crippen LogP contribution in [0, 0.1) is 0 Å². The van der Waals surface area contributed by atoms with Crippen molar-refractivity contribution in [3.8, 4) is 0 Å². The molecule has 0 bridgehead atoms. The van der Waals surface area contributed by atoms with Gasteiger partial charge in [0, 0.05) is 18.2 Å². The van der Waals surface area contributed by atoms with Gasteiger partial charge in [0.1, 0.15) is 11.7 Å². The molecule has 1 aliphatic heterocycles. The fraction of sp³-hybridized carbons (Fsp3) is 0.600. The molecular weight excluding hydrogens is 298 g/mol. The summed E-state index contributed by atoms with van der Waals surface area (Å²) in [6.45, 7) is 7.26. The summed E-state index contributed by atoms with van der Waals surface area (Å²) in [5, 5.41) is 15.1. The van der Waals surface area contributed by atoms with Crippen molar-refractivity contribution in [2.24, 2.45) is 0 Å². The fourth-order valence-electron chi connectivity index (χ4n) is 2.47. The molecule has 2 aromatic rings. The second-order valence-electron chi connectivity index (χ2n) is 5.85. The van der Waals surface area contributed by atoms with Crippen LogP contribution in [-0.2, 0) is 11.2 Å². The molecule has 0 spiro atoms. The summed E-state index contributed by atoms with van der Waals surface area (Å²) in [5.74, 6) is 0.959. The van der Waals surface area contributed by atoms with Crippen LogP contribution in [0.1, 0.15) is 60.7 Å². The van der Waals surface area contributed by atoms with Gasteiger partial charge in [0.25, 0.3) is 5.91 Å². The van der Waals surface area contributed by atoms with Gasteiger partial charge in [0.05, 0.1) is 13.2 Å². The van der Waals surface area contributed by atoms with E-state index in [9.17, 15) is 4.79 Å². The average molecular weight is 319 g/mol. The molecule has 1 N–H and O–H groups in total. The lowest BCUT2D eigenvalue weighted by Crippen LogP contribution is -2.43. The summed E-state index contributed by atoms with van der Waals surface area (Å²) in [7, 11) is 0. The molecule has 3 rings (SSSR count). The van der Waals surface area contributed by atoms with Crippen molar-refractivity contribution in [2.45, 2.75) is 39.2 Å². The summed E-state index contributed by atoms with van der Waals surface area (Å²) in [6.07, 6.45) is 0.800. The maximum Gasteiger partial charge on any atom is 0.275 e. The minimum atomic E-state index is -0.377. The number of morpholine rings is 1. The van der Waals surface area contributed by atoms with Crippen molar-refractivity contribution >= 4 is 5.91 Å². The number of nitrogens with one attached hydrogen (secondary N) is 1. The summed E-state index contributed by atoms with van der Waals surface area (Å²) in [5.41, 5.74) is 1.33. The largest absolute Gasteiger partial charge is 0.423 e. The van der Waals surface area contributed by atoms with E-state index in [1.807, 2.05) is 20.8 Å². The minimum absolute atomic E-state index is 0.142. The van der Waals surface area contributed by atoms with E-state index in [4.69, 9.17) is 9.15 Å². The van der Waals surface area contributed by atoms with Crippen LogP contribution in [0.3, 0.4) is 0 Å². The van der Waals surface area contributed by atoms with Crippen molar-refractivity contribution in [1.82, 2.24) is 25.3 Å². The Morgan fingerprint density at radius 2 is 2.30 bits per heavy atom. The van der Waals surface area contributed by atoms with Gasteiger partial charge < -0.3 is 14.1 Å². The highest BCUT2D eigenvalue weighted by Gasteiger charge is 2.34. The Balaban J connectivity index is 1.84. The number of ether oxygens (including phenoxy) is 1. The number of rotatable bonds is 4. The molecule has 0 radical (unpaired) electrons. The predicted molar refractivity (Wildman–Crippen MR) is 80.9 cm³/mol. The number of aryl methyl sites for hydroxylation is 1. The molecule has 1 amide bonds. The molecule has 1 saturated heterocycles. The molecule has 0 saturated carbocycles. The van der Waals surface area contributed by atoms with Gasteiger partial charge in [-0.25, -0.2) is 0 Å². The summed E-state index contributed by atoms with van der Waals surface area (Å²) in [4.78, 5) is 14.4. The number of hydrogen-bond donors (Lipinski definition) is 1. The van der Waals surface area contributed by atoms with Gasteiger partial charge in [-0.1, -0.05) is 20.8 Å². The molecule has 3 heterocycles. The van der Waals surface area contributed by atoms with Crippen molar-refractivity contribution in [3.05, 3.63) is 29.2 Å². The summed E-state index contributed by atoms with van der Waals surface area (Å²) < 4.78 is 11.2. The molecule has 124 valence electrons. The molecule has 2 aromatic heterocycles. The molecule has 0 aromatic carbocycles. The van der Waals surface area contributed by atoms with Gasteiger partial charge in [0.15, 0.2) is 0 Å². The Hall–Kier alpha value is -2.22. The summed E-state index contributed by atoms with van der Waals surface area (Å²) >= 11 is 0. The molecule has 0 unspecified atom stereocenters. The first-order chi connectivity index (χ1) is 11.1. The first-order valence-electron chi connectivity index (χ1n) is 7.86. The third-order valence-corrected chi connectivity index (χ3v) is 3.86. The second-order valence-corrected chi connectivity index (χ2v) is 5.85. The maximum atomic E-state index is 12.8. The lowest BCUT2D eigenvalue weighted by Gasteiger charge is -2.32. The standard InChI is InChI=1S/C15H21N5O3/c1-4-10-7-11(17-16-10)15(21)20-5-6-22-8-12(20)14-19-18-13(23-14)9(2)3/h7,9,12H,4-6,8H2,1-3H3,(H,16,17)/t12-/m1/s1. The van der Waals surface area contributed by atoms with Crippen molar-refractivity contribution < 1.29 is 13.9 Å². The van der Waals surface area contributed by atoms with Crippen LogP contribution < -0.4 is 0 Å². The first-order valence-corrected chi connectivity index (χ1v) is 7.86. The third kappa shape index (κ3) is 3.12. The lowest BCUT2D eigenvalue weighted by atomic mass is 10.2. The third-order valence-electron chi connectivity index (χ3n) is 3.86. The highest BCUT2D eigenvalue weighted by atomic mass is 16.5. The highest BCUT2D eigenvalue weighted by Crippen LogP contribution is 2.26. The highest BCUT2D eigenvalue weighted by molar-refractivity contribution is 5.92. The number of hydrogen-bond acceptors (Lipinski definition) is 6. The predicted octanol–water partition coefficient (Wildman–Crippen LogP) is 1.69. The van der Waals surface area contributed by atoms with Crippen molar-refractivity contribution in [2.75, 3.05) is 19.8 Å². The molecule has 8 heteroatoms. The van der Waals surface area contributed by atoms with Crippen LogP contribution in [0.15, 0.2) is 10.5 Å². The minimum Gasteiger partial charge on any atom is -0.423 e. The summed E-state index contributed by atoms with van der Waals surface area (Å²) in [6, 6.07) is 1.40. The van der Waals surface area contributed by atoms with E-state index < -0.39 is 0 Å². The Morgan fingerprint density at radius 1 is 1.48 bits per heavy atom. The van der Waals surface area contributed by atoms with Gasteiger partial charge >= 0.3 is 0 Å². The normalized spacial score (nSPS) is 18.6. The van der Waals surface area contributed by atoms with Gasteiger partial charge in [-0.2, -0.15) is 5.10 Å². The van der Waals surface area contributed by atoms with Crippen LogP contribution in [0.4, 0.5) is 0 Å². The smallest absolute Gasteiger partial charge is 0.275 e. The zero-order valence-electron chi connectivity index (χ0n) is 13.6. The fourth-order valence-corrected chi connectivity index (χ4v) is 2.47. The second kappa shape index (κ2) is 6.49. The van der Waals surface area contributed by atoms with Crippen LogP contribution in [-0.4, -0.2) is 51.0 Å². The van der Waals surface area contributed by atoms with E-state index in [0.717, 1.165) is 12.1 Å². The van der Waals surface area contributed by atoms with Crippen LogP contribution in [0.5, 0.6) is 0 Å². The van der Waals surface area contributed by atoms with E-state index >= 15 is 0 Å². The number of aromatic amines is 1. The zero-order chi connectivity index (χ0) is 16.4. The van der Waals surface area contributed by atoms with Gasteiger partial charge in [-0.15, -0.1) is 10.2 Å². The van der Waals surface area contributed by atoms with E-state index in [1.54, 1.807) is 11.0 Å². The van der Waals surface area contributed by atoms with Gasteiger partial charge in [-0.3, -0.25) is 9.89 Å². The number of nitrogens with zero attached hydrogens (tertiary/aromatic N) is 4. The molecule has 1 atom stereocenters. The number of amides is 1. The number of carbonyl (C=O) groups is 1. The molecule has 0 aliphatic carbocycles. The Labute approximate surface area is 134 Å². The van der Waals surface area contributed by atoms with E-state index in [2.05, 4.69) is 20.4 Å². The van der Waals surface area contributed by atoms with E-state index in [-0.39, 0.29) is 17.9 Å². The SMILES string of the molecule is CCc1cc(C(=O)N2CCOC[C@@H]2c2nnc(C(C)C)o2)n[nH]1. The van der Waals surface area contributed by atoms with Crippen LogP contribution in [0.25, 0.3) is 0 Å². The number of aromatic nitrogens is 4. The zero-order valence-corrected chi connectivity index (χ0v) is 13.6. The molecule has 8 nitrogen and oxygen atoms in total. The monoisotopic (exact) mass is 319 g/mol. The number of carbonyl (C=O) groups excluding carboxylic acids is 1. The topological polar surface area (TPSA) is 97.1 Å². The Bertz CT molecular complexity index is 678. The maximum absolute atomic E-state index is 12.8. The van der Waals surface area contributed by atoms with Gasteiger partial charge in [-0.05, 0) is 12.5 Å². The molecule has 23 heavy (non-hydrogen) atoms. The first kappa shape index (κ1) is 15.7. The number of H-pyrrole nitrogens is 1. The van der Waals surface area contributed by atoms with Crippen LogP contribution >= 0.6 is 0 Å². The van der Waals surface area contributed by atoms with Crippen LogP contribution in [0.2, 0.25) is 0 Å². The van der Waals surface area contributed by atoms with Crippen molar-refractivity contribution in [3.63, 3.8) is 0 Å². The van der Waals surface area contributed by atoms with E-state index in [1.165, 1.54) is 0 Å². The Kier molecular flexibility index (Phi) is 4.42. The lowest BCUT2D eigenvalue weighted by molar-refractivity contribution is -0.0110. The van der Waals surface area contributed by atoms with Crippen molar-refractivity contribution in [1.29, 1.82) is 0 Å². The molecular formula is C15H21N5O3. The Morgan fingerprint density at radius 3 is 2.96 bits per heavy atom. The molecule has 1 fully saturated rings. The van der Waals surface area contributed by atoms with E-state index in [0.29, 0.717) is 37.2 Å². The average Bonchev–Trinajstić information content (AvgIpc) is 3.23. The van der Waals surface area contributed by atoms with Gasteiger partial charge in [0.2, 0.25) is 11.8 Å².